The largest absolute Gasteiger partial charge is 0.394 e. The van der Waals surface area contributed by atoms with Gasteiger partial charge in [-0.1, -0.05) is 129 Å². The molecule has 64 heavy (non-hydrogen) atoms. The van der Waals surface area contributed by atoms with Crippen molar-refractivity contribution in [2.75, 3.05) is 26.4 Å². The van der Waals surface area contributed by atoms with E-state index < -0.39 is 124 Å². The Balaban J connectivity index is 1.48. The number of carbonyl (C=O) groups excluding carboxylic acids is 1. The molecule has 0 aromatic heterocycles. The maximum absolute atomic E-state index is 13.0. The van der Waals surface area contributed by atoms with Crippen molar-refractivity contribution < 1.29 is 89.4 Å². The lowest BCUT2D eigenvalue weighted by Crippen LogP contribution is -2.66. The van der Waals surface area contributed by atoms with Gasteiger partial charge in [0.2, 0.25) is 5.91 Å². The SMILES string of the molecule is CCC/C=C/C(O)C(COC1OC(CO)C(OC2OC(CO)C(OC3OC(CO)C(O)C(O)C3O)C(O)C2O)C(O)C1O)NC(=O)CCCCCCCCCCCCCCCCCC. The number of aliphatic hydroxyl groups excluding tert-OH is 11. The van der Waals surface area contributed by atoms with E-state index in [9.17, 15) is 61.0 Å². The van der Waals surface area contributed by atoms with Crippen LogP contribution < -0.4 is 5.32 Å². The molecular formula is C45H83NO18. The van der Waals surface area contributed by atoms with E-state index in [1.165, 1.54) is 77.0 Å². The zero-order chi connectivity index (χ0) is 47.0. The van der Waals surface area contributed by atoms with Crippen LogP contribution in [0.4, 0.5) is 0 Å². The maximum Gasteiger partial charge on any atom is 0.220 e. The third-order valence-corrected chi connectivity index (χ3v) is 12.3. The average molecular weight is 926 g/mol. The predicted octanol–water partition coefficient (Wildman–Crippen LogP) is 0.305. The first kappa shape index (κ1) is 56.9. The maximum atomic E-state index is 13.0. The molecule has 3 heterocycles. The van der Waals surface area contributed by atoms with Crippen molar-refractivity contribution in [3.63, 3.8) is 0 Å². The molecule has 0 saturated carbocycles. The van der Waals surface area contributed by atoms with Gasteiger partial charge in [-0.15, -0.1) is 0 Å². The molecule has 3 aliphatic rings. The van der Waals surface area contributed by atoms with Crippen LogP contribution >= 0.6 is 0 Å². The highest BCUT2D eigenvalue weighted by Gasteiger charge is 2.53. The van der Waals surface area contributed by atoms with Gasteiger partial charge in [-0.3, -0.25) is 4.79 Å². The minimum absolute atomic E-state index is 0.245. The minimum atomic E-state index is -1.97. The quantitative estimate of drug-likeness (QED) is 0.0319. The third-order valence-electron chi connectivity index (χ3n) is 12.3. The van der Waals surface area contributed by atoms with Crippen LogP contribution in [0.5, 0.6) is 0 Å². The second kappa shape index (κ2) is 31.6. The molecule has 0 spiro atoms. The molecule has 0 bridgehead atoms. The van der Waals surface area contributed by atoms with Crippen molar-refractivity contribution in [1.29, 1.82) is 0 Å². The van der Waals surface area contributed by atoms with E-state index in [1.54, 1.807) is 12.2 Å². The van der Waals surface area contributed by atoms with Gasteiger partial charge in [-0.05, 0) is 12.8 Å². The lowest BCUT2D eigenvalue weighted by Gasteiger charge is -2.48. The fourth-order valence-corrected chi connectivity index (χ4v) is 8.25. The van der Waals surface area contributed by atoms with Gasteiger partial charge >= 0.3 is 0 Å². The van der Waals surface area contributed by atoms with Gasteiger partial charge in [0.1, 0.15) is 73.2 Å². The van der Waals surface area contributed by atoms with Gasteiger partial charge < -0.3 is 89.9 Å². The summed E-state index contributed by atoms with van der Waals surface area (Å²) in [5.41, 5.74) is 0. The third kappa shape index (κ3) is 18.2. The van der Waals surface area contributed by atoms with Crippen molar-refractivity contribution in [2.24, 2.45) is 0 Å². The lowest BCUT2D eigenvalue weighted by atomic mass is 9.96. The molecule has 19 heteroatoms. The van der Waals surface area contributed by atoms with E-state index in [-0.39, 0.29) is 18.9 Å². The second-order valence-corrected chi connectivity index (χ2v) is 17.6. The Morgan fingerprint density at radius 2 is 0.969 bits per heavy atom. The first-order valence-corrected chi connectivity index (χ1v) is 23.9. The van der Waals surface area contributed by atoms with E-state index >= 15 is 0 Å². The molecule has 12 N–H and O–H groups in total. The number of amides is 1. The van der Waals surface area contributed by atoms with Crippen LogP contribution in [-0.4, -0.2) is 193 Å². The molecule has 376 valence electrons. The average Bonchev–Trinajstić information content (AvgIpc) is 3.29. The Morgan fingerprint density at radius 1 is 0.547 bits per heavy atom. The van der Waals surface area contributed by atoms with Crippen molar-refractivity contribution in [1.82, 2.24) is 5.32 Å². The van der Waals surface area contributed by atoms with Crippen LogP contribution in [0.3, 0.4) is 0 Å². The summed E-state index contributed by atoms with van der Waals surface area (Å²) in [6.07, 6.45) is -2.24. The smallest absolute Gasteiger partial charge is 0.220 e. The molecule has 3 rings (SSSR count). The number of unbranched alkanes of at least 4 members (excludes halogenated alkanes) is 16. The molecule has 0 radical (unpaired) electrons. The summed E-state index contributed by atoms with van der Waals surface area (Å²) in [6, 6.07) is -0.961. The summed E-state index contributed by atoms with van der Waals surface area (Å²) >= 11 is 0. The van der Waals surface area contributed by atoms with E-state index in [1.807, 2.05) is 6.92 Å². The molecule has 3 fully saturated rings. The van der Waals surface area contributed by atoms with Crippen molar-refractivity contribution in [3.8, 4) is 0 Å². The summed E-state index contributed by atoms with van der Waals surface area (Å²) in [7, 11) is 0. The number of aliphatic hydroxyl groups is 11. The number of rotatable bonds is 32. The topological polar surface area (TPSA) is 307 Å². The number of allylic oxidation sites excluding steroid dienone is 1. The Labute approximate surface area is 378 Å². The molecule has 17 atom stereocenters. The van der Waals surface area contributed by atoms with Gasteiger partial charge in [-0.2, -0.15) is 0 Å². The number of hydrogen-bond donors (Lipinski definition) is 12. The van der Waals surface area contributed by atoms with Crippen molar-refractivity contribution >= 4 is 5.91 Å². The van der Waals surface area contributed by atoms with Crippen LogP contribution in [0.1, 0.15) is 136 Å². The molecule has 1 amide bonds. The standard InChI is InChI=1S/C45H83NO18/c1-3-5-7-8-9-10-11-12-13-14-15-16-17-18-19-21-23-33(51)46-28(29(50)22-20-6-4-2)27-59-43-39(57)36(54)41(31(25-48)61-43)64-45-40(58)37(55)42(32(26-49)62-45)63-44-38(56)35(53)34(52)30(24-47)60-44/h20,22,28-32,34-45,47-50,52-58H,3-19,21,23-27H2,1-2H3,(H,46,51)/b22-20+. The molecule has 3 aliphatic heterocycles. The zero-order valence-corrected chi connectivity index (χ0v) is 38.0. The Morgan fingerprint density at radius 3 is 1.44 bits per heavy atom. The summed E-state index contributed by atoms with van der Waals surface area (Å²) in [6.45, 7) is 1.45. The first-order chi connectivity index (χ1) is 30.8. The molecule has 3 saturated heterocycles. The molecular weight excluding hydrogens is 842 g/mol. The summed E-state index contributed by atoms with van der Waals surface area (Å²) in [5, 5.41) is 119. The normalized spacial score (nSPS) is 34.5. The van der Waals surface area contributed by atoms with Crippen LogP contribution in [-0.2, 0) is 33.2 Å². The molecule has 0 aliphatic carbocycles. The second-order valence-electron chi connectivity index (χ2n) is 17.6. The fraction of sp³-hybridized carbons (Fsp3) is 0.933. The number of nitrogens with one attached hydrogen (secondary N) is 1. The monoisotopic (exact) mass is 926 g/mol. The Hall–Kier alpha value is -1.47. The van der Waals surface area contributed by atoms with Crippen LogP contribution in [0.15, 0.2) is 12.2 Å². The van der Waals surface area contributed by atoms with E-state index in [4.69, 9.17) is 28.4 Å². The van der Waals surface area contributed by atoms with Crippen LogP contribution in [0.25, 0.3) is 0 Å². The first-order valence-electron chi connectivity index (χ1n) is 23.9. The fourth-order valence-electron chi connectivity index (χ4n) is 8.25. The Bertz CT molecular complexity index is 1250. The number of hydrogen-bond acceptors (Lipinski definition) is 18. The highest BCUT2D eigenvalue weighted by molar-refractivity contribution is 5.76. The van der Waals surface area contributed by atoms with Gasteiger partial charge in [0.15, 0.2) is 18.9 Å². The van der Waals surface area contributed by atoms with Gasteiger partial charge in [0, 0.05) is 6.42 Å². The van der Waals surface area contributed by atoms with Gasteiger partial charge in [0.05, 0.1) is 38.6 Å². The Kier molecular flexibility index (Phi) is 28.0. The van der Waals surface area contributed by atoms with Crippen molar-refractivity contribution in [3.05, 3.63) is 12.2 Å². The van der Waals surface area contributed by atoms with E-state index in [0.717, 1.165) is 25.7 Å². The van der Waals surface area contributed by atoms with Crippen LogP contribution in [0.2, 0.25) is 0 Å². The highest BCUT2D eigenvalue weighted by Crippen LogP contribution is 2.33. The highest BCUT2D eigenvalue weighted by atomic mass is 16.8. The molecule has 0 aromatic rings. The van der Waals surface area contributed by atoms with Crippen molar-refractivity contribution in [2.45, 2.75) is 240 Å². The lowest BCUT2D eigenvalue weighted by molar-refractivity contribution is -0.379. The summed E-state index contributed by atoms with van der Waals surface area (Å²) in [5.74, 6) is -0.288. The zero-order valence-electron chi connectivity index (χ0n) is 38.0. The summed E-state index contributed by atoms with van der Waals surface area (Å²) in [4.78, 5) is 13.0. The molecule has 0 aromatic carbocycles. The number of carbonyl (C=O) groups is 1. The predicted molar refractivity (Wildman–Crippen MR) is 231 cm³/mol. The van der Waals surface area contributed by atoms with E-state index in [0.29, 0.717) is 12.8 Å². The van der Waals surface area contributed by atoms with Gasteiger partial charge in [-0.25, -0.2) is 0 Å². The molecule has 19 nitrogen and oxygen atoms in total. The summed E-state index contributed by atoms with van der Waals surface area (Å²) < 4.78 is 33.8. The van der Waals surface area contributed by atoms with Gasteiger partial charge in [0.25, 0.3) is 0 Å². The van der Waals surface area contributed by atoms with E-state index in [2.05, 4.69) is 12.2 Å². The van der Waals surface area contributed by atoms with Crippen LogP contribution in [0, 0.1) is 0 Å². The number of ether oxygens (including phenoxy) is 6. The minimum Gasteiger partial charge on any atom is -0.394 e. The molecule has 17 unspecified atom stereocenters.